The third-order valence-electron chi connectivity index (χ3n) is 1.14. The lowest BCUT2D eigenvalue weighted by atomic mass is 10.2. The highest BCUT2D eigenvalue weighted by atomic mass is 19.1. The van der Waals surface area contributed by atoms with Gasteiger partial charge in [-0.1, -0.05) is 12.2 Å². The number of halogens is 2. The van der Waals surface area contributed by atoms with Gasteiger partial charge in [0.05, 0.1) is 6.33 Å². The first kappa shape index (κ1) is 10.8. The lowest BCUT2D eigenvalue weighted by Gasteiger charge is -1.97. The fraction of sp³-hybridized carbons (Fsp3) is 0.375. The van der Waals surface area contributed by atoms with E-state index in [1.807, 2.05) is 0 Å². The summed E-state index contributed by atoms with van der Waals surface area (Å²) >= 11 is 0. The molecule has 1 N–H and O–H groups in total. The second-order valence-corrected chi connectivity index (χ2v) is 2.15. The molecule has 0 bridgehead atoms. The number of alkyl halides is 1. The number of rotatable bonds is 5. The van der Waals surface area contributed by atoms with Crippen LogP contribution in [0.4, 0.5) is 8.78 Å². The highest BCUT2D eigenvalue weighted by Gasteiger charge is 2.03. The lowest BCUT2D eigenvalue weighted by Crippen LogP contribution is -2.01. The van der Waals surface area contributed by atoms with Gasteiger partial charge >= 0.3 is 5.97 Å². The summed E-state index contributed by atoms with van der Waals surface area (Å²) < 4.78 is 23.9. The summed E-state index contributed by atoms with van der Waals surface area (Å²) in [4.78, 5) is 9.97. The molecule has 0 amide bonds. The van der Waals surface area contributed by atoms with Crippen molar-refractivity contribution in [2.45, 2.75) is 19.0 Å². The van der Waals surface area contributed by atoms with Crippen molar-refractivity contribution in [3.63, 3.8) is 0 Å². The van der Waals surface area contributed by atoms with Crippen LogP contribution in [0.25, 0.3) is 0 Å². The van der Waals surface area contributed by atoms with Gasteiger partial charge in [-0.25, -0.2) is 8.78 Å². The molecule has 0 fully saturated rings. The topological polar surface area (TPSA) is 37.3 Å². The van der Waals surface area contributed by atoms with Crippen molar-refractivity contribution in [1.29, 1.82) is 0 Å². The zero-order valence-electron chi connectivity index (χ0n) is 6.41. The SMILES string of the molecule is O=C(O)CCC(F)/C=C\C=C\F. The monoisotopic (exact) mass is 176 g/mol. The Kier molecular flexibility index (Phi) is 5.87. The Bertz CT molecular complexity index is 187. The van der Waals surface area contributed by atoms with Gasteiger partial charge in [0.1, 0.15) is 6.17 Å². The van der Waals surface area contributed by atoms with Crippen molar-refractivity contribution >= 4 is 5.97 Å². The van der Waals surface area contributed by atoms with Crippen molar-refractivity contribution in [3.05, 3.63) is 24.6 Å². The highest BCUT2D eigenvalue weighted by molar-refractivity contribution is 5.66. The Balaban J connectivity index is 3.58. The Morgan fingerprint density at radius 2 is 2.17 bits per heavy atom. The fourth-order valence-electron chi connectivity index (χ4n) is 0.584. The number of aliphatic carboxylic acids is 1. The molecule has 2 nitrogen and oxygen atoms in total. The normalized spacial score (nSPS) is 14.2. The average Bonchev–Trinajstić information content (AvgIpc) is 2.01. The van der Waals surface area contributed by atoms with Crippen molar-refractivity contribution in [1.82, 2.24) is 0 Å². The minimum atomic E-state index is -1.32. The zero-order valence-corrected chi connectivity index (χ0v) is 6.41. The summed E-state index contributed by atoms with van der Waals surface area (Å²) in [6.45, 7) is 0. The van der Waals surface area contributed by atoms with E-state index in [9.17, 15) is 13.6 Å². The van der Waals surface area contributed by atoms with E-state index in [1.54, 1.807) is 0 Å². The van der Waals surface area contributed by atoms with E-state index < -0.39 is 12.1 Å². The zero-order chi connectivity index (χ0) is 9.40. The second kappa shape index (κ2) is 6.52. The van der Waals surface area contributed by atoms with Crippen LogP contribution in [-0.4, -0.2) is 17.2 Å². The van der Waals surface area contributed by atoms with E-state index in [4.69, 9.17) is 5.11 Å². The third kappa shape index (κ3) is 6.92. The maximum absolute atomic E-state index is 12.6. The molecule has 1 atom stereocenters. The molecule has 12 heavy (non-hydrogen) atoms. The van der Waals surface area contributed by atoms with Gasteiger partial charge in [-0.15, -0.1) is 0 Å². The van der Waals surface area contributed by atoms with Gasteiger partial charge in [-0.3, -0.25) is 4.79 Å². The maximum atomic E-state index is 12.6. The molecule has 0 saturated carbocycles. The van der Waals surface area contributed by atoms with Crippen LogP contribution in [0.2, 0.25) is 0 Å². The number of carbonyl (C=O) groups is 1. The van der Waals surface area contributed by atoms with Crippen LogP contribution in [0.15, 0.2) is 24.6 Å². The van der Waals surface area contributed by atoms with E-state index in [2.05, 4.69) is 0 Å². The molecule has 0 rings (SSSR count). The molecule has 0 aromatic carbocycles. The molecule has 0 heterocycles. The Morgan fingerprint density at radius 1 is 1.50 bits per heavy atom. The number of allylic oxidation sites excluding steroid dienone is 3. The van der Waals surface area contributed by atoms with E-state index in [0.717, 1.165) is 12.2 Å². The predicted octanol–water partition coefficient (Wildman–Crippen LogP) is 2.23. The quantitative estimate of drug-likeness (QED) is 0.652. The molecule has 1 unspecified atom stereocenters. The van der Waals surface area contributed by atoms with Crippen LogP contribution in [0.5, 0.6) is 0 Å². The smallest absolute Gasteiger partial charge is 0.303 e. The van der Waals surface area contributed by atoms with Crippen LogP contribution >= 0.6 is 0 Å². The average molecular weight is 176 g/mol. The van der Waals surface area contributed by atoms with Crippen molar-refractivity contribution in [3.8, 4) is 0 Å². The van der Waals surface area contributed by atoms with Crippen LogP contribution in [0.3, 0.4) is 0 Å². The molecule has 0 spiro atoms. The number of hydrogen-bond donors (Lipinski definition) is 1. The summed E-state index contributed by atoms with van der Waals surface area (Å²) in [7, 11) is 0. The largest absolute Gasteiger partial charge is 0.481 e. The molecule has 0 saturated heterocycles. The van der Waals surface area contributed by atoms with Gasteiger partial charge in [0.2, 0.25) is 0 Å². The summed E-state index contributed by atoms with van der Waals surface area (Å²) in [5.74, 6) is -1.04. The number of carboxylic acid groups (broad SMARTS) is 1. The summed E-state index contributed by atoms with van der Waals surface area (Å²) in [6.07, 6.45) is 2.01. The Hall–Kier alpha value is -1.19. The van der Waals surface area contributed by atoms with E-state index in [0.29, 0.717) is 0 Å². The standard InChI is InChI=1S/C8H10F2O2/c9-6-2-1-3-7(10)4-5-8(11)12/h1-3,6-7H,4-5H2,(H,11,12)/b3-1-,6-2+. The molecule has 0 aliphatic rings. The molecule has 0 radical (unpaired) electrons. The van der Waals surface area contributed by atoms with Gasteiger partial charge in [0.25, 0.3) is 0 Å². The molecule has 4 heteroatoms. The fourth-order valence-corrected chi connectivity index (χ4v) is 0.584. The minimum Gasteiger partial charge on any atom is -0.481 e. The lowest BCUT2D eigenvalue weighted by molar-refractivity contribution is -0.137. The molecular weight excluding hydrogens is 166 g/mol. The van der Waals surface area contributed by atoms with Gasteiger partial charge in [-0.2, -0.15) is 0 Å². The molecule has 68 valence electrons. The summed E-state index contributed by atoms with van der Waals surface area (Å²) in [5.41, 5.74) is 0. The number of hydrogen-bond acceptors (Lipinski definition) is 1. The van der Waals surface area contributed by atoms with Crippen molar-refractivity contribution in [2.24, 2.45) is 0 Å². The molecule has 0 aliphatic heterocycles. The Labute approximate surface area is 69.2 Å². The predicted molar refractivity (Wildman–Crippen MR) is 41.2 cm³/mol. The summed E-state index contributed by atoms with van der Waals surface area (Å²) in [6, 6.07) is 0. The molecular formula is C8H10F2O2. The van der Waals surface area contributed by atoms with Gasteiger partial charge < -0.3 is 5.11 Å². The first-order valence-electron chi connectivity index (χ1n) is 3.46. The van der Waals surface area contributed by atoms with Gasteiger partial charge in [0.15, 0.2) is 0 Å². The molecule has 0 aliphatic carbocycles. The molecule has 0 aromatic heterocycles. The van der Waals surface area contributed by atoms with E-state index in [1.165, 1.54) is 6.08 Å². The van der Waals surface area contributed by atoms with Crippen LogP contribution < -0.4 is 0 Å². The van der Waals surface area contributed by atoms with Gasteiger partial charge in [0, 0.05) is 6.42 Å². The molecule has 0 aromatic rings. The maximum Gasteiger partial charge on any atom is 0.303 e. The van der Waals surface area contributed by atoms with Crippen LogP contribution in [-0.2, 0) is 4.79 Å². The second-order valence-electron chi connectivity index (χ2n) is 2.15. The first-order chi connectivity index (χ1) is 5.66. The highest BCUT2D eigenvalue weighted by Crippen LogP contribution is 2.03. The van der Waals surface area contributed by atoms with E-state index >= 15 is 0 Å². The van der Waals surface area contributed by atoms with Gasteiger partial charge in [-0.05, 0) is 12.5 Å². The van der Waals surface area contributed by atoms with Crippen molar-refractivity contribution in [2.75, 3.05) is 0 Å². The minimum absolute atomic E-state index is 0.0774. The van der Waals surface area contributed by atoms with Crippen LogP contribution in [0.1, 0.15) is 12.8 Å². The number of carboxylic acids is 1. The Morgan fingerprint density at radius 3 is 2.67 bits per heavy atom. The van der Waals surface area contributed by atoms with E-state index in [-0.39, 0.29) is 19.2 Å². The first-order valence-corrected chi connectivity index (χ1v) is 3.46. The van der Waals surface area contributed by atoms with Crippen molar-refractivity contribution < 1.29 is 18.7 Å². The van der Waals surface area contributed by atoms with Crippen LogP contribution in [0, 0.1) is 0 Å². The summed E-state index contributed by atoms with van der Waals surface area (Å²) in [5, 5.41) is 8.17. The third-order valence-corrected chi connectivity index (χ3v) is 1.14.